The Balaban J connectivity index is 2.13. The lowest BCUT2D eigenvalue weighted by Gasteiger charge is -2.27. The molecule has 0 aromatic carbocycles. The van der Waals surface area contributed by atoms with Gasteiger partial charge in [-0.2, -0.15) is 0 Å². The molecule has 4 heteroatoms. The molecule has 1 aliphatic rings. The van der Waals surface area contributed by atoms with Gasteiger partial charge in [-0.25, -0.2) is 4.89 Å². The van der Waals surface area contributed by atoms with E-state index in [9.17, 15) is 0 Å². The van der Waals surface area contributed by atoms with Crippen LogP contribution in [0.2, 0.25) is 0 Å². The Morgan fingerprint density at radius 1 is 1.50 bits per heavy atom. The largest absolute Gasteiger partial charge is 0.287 e. The third-order valence-corrected chi connectivity index (χ3v) is 2.48. The van der Waals surface area contributed by atoms with Crippen LogP contribution in [0, 0.1) is 5.92 Å². The topological polar surface area (TPSA) is 32.7 Å². The molecule has 1 atom stereocenters. The highest BCUT2D eigenvalue weighted by atomic mass is 31.0. The molecular weight excluding hydrogens is 149 g/mol. The Hall–Kier alpha value is 0.310. The normalized spacial score (nSPS) is 23.4. The summed E-state index contributed by atoms with van der Waals surface area (Å²) in [7, 11) is 2.69. The van der Waals surface area contributed by atoms with Crippen LogP contribution < -0.4 is 0 Å². The maximum Gasteiger partial charge on any atom is 0.0848 e. The van der Waals surface area contributed by atoms with Crippen LogP contribution in [0.15, 0.2) is 0 Å². The van der Waals surface area contributed by atoms with Gasteiger partial charge in [0.25, 0.3) is 0 Å². The molecule has 1 aliphatic heterocycles. The van der Waals surface area contributed by atoms with Crippen molar-refractivity contribution in [2.75, 3.05) is 19.7 Å². The average molecular weight is 163 g/mol. The standard InChI is InChI=1S/C6H14NO2P/c8-9-5-6-1-3-7(10)4-2-6/h6,8H,1-5,10H2. The number of nitrogens with zero attached hydrogens (tertiary/aromatic N) is 1. The van der Waals surface area contributed by atoms with E-state index in [2.05, 4.69) is 18.9 Å². The second-order valence-electron chi connectivity index (χ2n) is 2.78. The summed E-state index contributed by atoms with van der Waals surface area (Å²) in [5.41, 5.74) is 0. The van der Waals surface area contributed by atoms with Crippen molar-refractivity contribution in [3.8, 4) is 0 Å². The molecule has 1 saturated heterocycles. The van der Waals surface area contributed by atoms with Crippen LogP contribution >= 0.6 is 9.39 Å². The van der Waals surface area contributed by atoms with Crippen molar-refractivity contribution in [1.82, 2.24) is 4.67 Å². The van der Waals surface area contributed by atoms with E-state index >= 15 is 0 Å². The fraction of sp³-hybridized carbons (Fsp3) is 1.00. The van der Waals surface area contributed by atoms with Gasteiger partial charge in [0.1, 0.15) is 0 Å². The predicted molar refractivity (Wildman–Crippen MR) is 42.6 cm³/mol. The Kier molecular flexibility index (Phi) is 3.57. The van der Waals surface area contributed by atoms with E-state index in [1.807, 2.05) is 0 Å². The van der Waals surface area contributed by atoms with Gasteiger partial charge < -0.3 is 0 Å². The summed E-state index contributed by atoms with van der Waals surface area (Å²) < 4.78 is 2.22. The van der Waals surface area contributed by atoms with Crippen LogP contribution in [-0.4, -0.2) is 29.6 Å². The second kappa shape index (κ2) is 4.24. The molecule has 60 valence electrons. The van der Waals surface area contributed by atoms with Crippen LogP contribution in [0.1, 0.15) is 12.8 Å². The molecule has 0 bridgehead atoms. The van der Waals surface area contributed by atoms with Crippen LogP contribution in [0.3, 0.4) is 0 Å². The van der Waals surface area contributed by atoms with E-state index in [-0.39, 0.29) is 0 Å². The van der Waals surface area contributed by atoms with Gasteiger partial charge in [-0.15, -0.1) is 0 Å². The molecular formula is C6H14NO2P. The zero-order valence-corrected chi connectivity index (χ0v) is 7.15. The van der Waals surface area contributed by atoms with Crippen molar-refractivity contribution < 1.29 is 10.1 Å². The first-order valence-electron chi connectivity index (χ1n) is 3.59. The molecule has 0 saturated carbocycles. The van der Waals surface area contributed by atoms with Gasteiger partial charge in [0, 0.05) is 13.1 Å². The fourth-order valence-corrected chi connectivity index (χ4v) is 1.52. The molecule has 10 heavy (non-hydrogen) atoms. The molecule has 1 unspecified atom stereocenters. The average Bonchev–Trinajstić information content (AvgIpc) is 1.95. The number of rotatable bonds is 2. The van der Waals surface area contributed by atoms with Crippen LogP contribution in [0.5, 0.6) is 0 Å². The monoisotopic (exact) mass is 163 g/mol. The number of piperidine rings is 1. The first kappa shape index (κ1) is 8.41. The maximum atomic E-state index is 8.17. The van der Waals surface area contributed by atoms with E-state index < -0.39 is 0 Å². The first-order valence-corrected chi connectivity index (χ1v) is 4.10. The van der Waals surface area contributed by atoms with Crippen molar-refractivity contribution in [3.05, 3.63) is 0 Å². The zero-order valence-electron chi connectivity index (χ0n) is 5.99. The number of hydrogen-bond acceptors (Lipinski definition) is 3. The molecule has 1 fully saturated rings. The van der Waals surface area contributed by atoms with E-state index in [0.29, 0.717) is 12.5 Å². The highest BCUT2D eigenvalue weighted by Gasteiger charge is 2.16. The lowest BCUT2D eigenvalue weighted by Crippen LogP contribution is -2.28. The van der Waals surface area contributed by atoms with Gasteiger partial charge in [-0.1, -0.05) is 9.39 Å². The summed E-state index contributed by atoms with van der Waals surface area (Å²) in [6.45, 7) is 2.69. The Morgan fingerprint density at radius 2 is 2.10 bits per heavy atom. The van der Waals surface area contributed by atoms with Crippen LogP contribution in [0.25, 0.3) is 0 Å². The van der Waals surface area contributed by atoms with Gasteiger partial charge in [0.05, 0.1) is 6.61 Å². The predicted octanol–water partition coefficient (Wildman–Crippen LogP) is 0.978. The van der Waals surface area contributed by atoms with E-state index in [4.69, 9.17) is 5.26 Å². The van der Waals surface area contributed by atoms with Crippen LogP contribution in [0.4, 0.5) is 0 Å². The minimum Gasteiger partial charge on any atom is -0.287 e. The summed E-state index contributed by atoms with van der Waals surface area (Å²) in [4.78, 5) is 4.09. The summed E-state index contributed by atoms with van der Waals surface area (Å²) in [6, 6.07) is 0. The van der Waals surface area contributed by atoms with Crippen molar-refractivity contribution in [3.63, 3.8) is 0 Å². The molecule has 0 amide bonds. The Labute approximate surface area is 63.5 Å². The van der Waals surface area contributed by atoms with Crippen molar-refractivity contribution >= 4 is 9.39 Å². The van der Waals surface area contributed by atoms with Gasteiger partial charge in [-0.3, -0.25) is 9.93 Å². The molecule has 0 radical (unpaired) electrons. The summed E-state index contributed by atoms with van der Waals surface area (Å²) in [5.74, 6) is 0.557. The molecule has 1 rings (SSSR count). The SMILES string of the molecule is OOCC1CCN(P)CC1. The number of hydrogen-bond donors (Lipinski definition) is 1. The minimum absolute atomic E-state index is 0.499. The van der Waals surface area contributed by atoms with Crippen LogP contribution in [-0.2, 0) is 4.89 Å². The summed E-state index contributed by atoms with van der Waals surface area (Å²) in [6.07, 6.45) is 2.26. The molecule has 0 aliphatic carbocycles. The van der Waals surface area contributed by atoms with E-state index in [0.717, 1.165) is 25.9 Å². The van der Waals surface area contributed by atoms with Crippen molar-refractivity contribution in [2.24, 2.45) is 5.92 Å². The minimum atomic E-state index is 0.499. The second-order valence-corrected chi connectivity index (χ2v) is 3.51. The van der Waals surface area contributed by atoms with Gasteiger partial charge >= 0.3 is 0 Å². The molecule has 0 aromatic rings. The Bertz CT molecular complexity index is 93.7. The van der Waals surface area contributed by atoms with Crippen molar-refractivity contribution in [1.29, 1.82) is 0 Å². The smallest absolute Gasteiger partial charge is 0.0848 e. The maximum absolute atomic E-state index is 8.17. The molecule has 0 aromatic heterocycles. The third-order valence-electron chi connectivity index (χ3n) is 1.96. The molecule has 3 nitrogen and oxygen atoms in total. The van der Waals surface area contributed by atoms with Crippen molar-refractivity contribution in [2.45, 2.75) is 12.8 Å². The molecule has 1 N–H and O–H groups in total. The van der Waals surface area contributed by atoms with Gasteiger partial charge in [0.15, 0.2) is 0 Å². The fourth-order valence-electron chi connectivity index (χ4n) is 1.23. The quantitative estimate of drug-likeness (QED) is 0.374. The van der Waals surface area contributed by atoms with Gasteiger partial charge in [-0.05, 0) is 18.8 Å². The highest BCUT2D eigenvalue weighted by Crippen LogP contribution is 2.18. The first-order chi connectivity index (χ1) is 4.83. The van der Waals surface area contributed by atoms with E-state index in [1.54, 1.807) is 0 Å². The summed E-state index contributed by atoms with van der Waals surface area (Å²) >= 11 is 0. The third kappa shape index (κ3) is 2.51. The van der Waals surface area contributed by atoms with E-state index in [1.165, 1.54) is 0 Å². The highest BCUT2D eigenvalue weighted by molar-refractivity contribution is 7.13. The zero-order chi connectivity index (χ0) is 7.40. The Morgan fingerprint density at radius 3 is 2.60 bits per heavy atom. The molecule has 1 heterocycles. The molecule has 0 spiro atoms. The van der Waals surface area contributed by atoms with Gasteiger partial charge in [0.2, 0.25) is 0 Å². The lowest BCUT2D eigenvalue weighted by molar-refractivity contribution is -0.252. The summed E-state index contributed by atoms with van der Waals surface area (Å²) in [5, 5.41) is 8.17. The lowest BCUT2D eigenvalue weighted by atomic mass is 10.00.